The van der Waals surface area contributed by atoms with Gasteiger partial charge in [0.2, 0.25) is 5.88 Å². The Morgan fingerprint density at radius 1 is 1.38 bits per heavy atom. The van der Waals surface area contributed by atoms with E-state index in [0.717, 1.165) is 11.9 Å². The van der Waals surface area contributed by atoms with Crippen molar-refractivity contribution in [3.63, 3.8) is 0 Å². The van der Waals surface area contributed by atoms with Crippen LogP contribution in [0.5, 0.6) is 5.88 Å². The van der Waals surface area contributed by atoms with Crippen LogP contribution in [0.4, 0.5) is 18.3 Å². The molecule has 2 N–H and O–H groups in total. The van der Waals surface area contributed by atoms with E-state index in [-0.39, 0.29) is 29.4 Å². The lowest BCUT2D eigenvalue weighted by Crippen LogP contribution is -2.31. The molecule has 8 nitrogen and oxygen atoms in total. The first-order chi connectivity index (χ1) is 13.7. The fraction of sp³-hybridized carbons (Fsp3) is 0.412. The van der Waals surface area contributed by atoms with E-state index in [0.29, 0.717) is 18.1 Å². The highest BCUT2D eigenvalue weighted by atomic mass is 32.1. The number of carbonyl (C=O) groups excluding carboxylic acids is 2. The number of ether oxygens (including phenoxy) is 2. The van der Waals surface area contributed by atoms with Crippen molar-refractivity contribution in [2.24, 2.45) is 0 Å². The number of pyridine rings is 1. The van der Waals surface area contributed by atoms with Crippen molar-refractivity contribution in [3.8, 4) is 5.88 Å². The van der Waals surface area contributed by atoms with Crippen molar-refractivity contribution in [2.45, 2.75) is 24.6 Å². The highest BCUT2D eigenvalue weighted by Gasteiger charge is 2.32. The number of nitrogens with zero attached hydrogens (tertiary/aromatic N) is 2. The van der Waals surface area contributed by atoms with Crippen molar-refractivity contribution in [1.82, 2.24) is 15.3 Å². The summed E-state index contributed by atoms with van der Waals surface area (Å²) in [5, 5.41) is 7.85. The summed E-state index contributed by atoms with van der Waals surface area (Å²) in [4.78, 5) is 31.9. The predicted octanol–water partition coefficient (Wildman–Crippen LogP) is 2.35. The third-order valence-electron chi connectivity index (χ3n) is 4.16. The number of esters is 1. The minimum atomic E-state index is -4.47. The third-order valence-corrected chi connectivity index (χ3v) is 4.94. The molecule has 1 amide bonds. The van der Waals surface area contributed by atoms with Crippen molar-refractivity contribution in [1.29, 1.82) is 0 Å². The van der Waals surface area contributed by atoms with Gasteiger partial charge >= 0.3 is 12.1 Å². The van der Waals surface area contributed by atoms with E-state index in [1.807, 2.05) is 0 Å². The van der Waals surface area contributed by atoms with Gasteiger partial charge in [0.05, 0.1) is 18.4 Å². The van der Waals surface area contributed by atoms with Gasteiger partial charge in [-0.2, -0.15) is 13.2 Å². The molecule has 1 aliphatic rings. The van der Waals surface area contributed by atoms with Crippen LogP contribution in [0.3, 0.4) is 0 Å². The third kappa shape index (κ3) is 5.64. The SMILES string of the molecule is COC(=O)C1CC(c2csc(NC(=O)c3ccc(OCC(F)(F)F)nc3)n2)CN1. The normalized spacial score (nSPS) is 19.0. The van der Waals surface area contributed by atoms with Gasteiger partial charge in [0.25, 0.3) is 5.91 Å². The van der Waals surface area contributed by atoms with Crippen LogP contribution in [0.2, 0.25) is 0 Å². The zero-order valence-electron chi connectivity index (χ0n) is 15.2. The monoisotopic (exact) mass is 430 g/mol. The highest BCUT2D eigenvalue weighted by molar-refractivity contribution is 7.14. The lowest BCUT2D eigenvalue weighted by Gasteiger charge is -2.08. The molecular formula is C17H17F3N4O4S. The highest BCUT2D eigenvalue weighted by Crippen LogP contribution is 2.29. The molecule has 3 rings (SSSR count). The van der Waals surface area contributed by atoms with E-state index >= 15 is 0 Å². The largest absolute Gasteiger partial charge is 0.468 e. The Bertz CT molecular complexity index is 872. The first kappa shape index (κ1) is 21.0. The molecule has 2 aromatic rings. The number of thiazole rings is 1. The average Bonchev–Trinajstić information content (AvgIpc) is 3.35. The standard InChI is InChI=1S/C17H17F3N4O4S/c1-27-15(26)11-4-10(6-21-11)12-7-29-16(23-12)24-14(25)9-2-3-13(22-5-9)28-8-17(18,19)20/h2-3,5,7,10-11,21H,4,6,8H2,1H3,(H,23,24,25). The summed E-state index contributed by atoms with van der Waals surface area (Å²) in [5.74, 6) is -1.04. The quantitative estimate of drug-likeness (QED) is 0.679. The maximum Gasteiger partial charge on any atom is 0.422 e. The molecule has 2 unspecified atom stereocenters. The molecule has 0 spiro atoms. The molecular weight excluding hydrogens is 413 g/mol. The second-order valence-electron chi connectivity index (χ2n) is 6.24. The van der Waals surface area contributed by atoms with Gasteiger partial charge in [-0.25, -0.2) is 9.97 Å². The molecule has 156 valence electrons. The zero-order chi connectivity index (χ0) is 21.0. The van der Waals surface area contributed by atoms with E-state index < -0.39 is 18.7 Å². The Morgan fingerprint density at radius 3 is 2.83 bits per heavy atom. The molecule has 0 radical (unpaired) electrons. The second-order valence-corrected chi connectivity index (χ2v) is 7.10. The molecule has 1 saturated heterocycles. The Balaban J connectivity index is 1.56. The molecule has 12 heteroatoms. The van der Waals surface area contributed by atoms with Crippen LogP contribution in [-0.2, 0) is 9.53 Å². The van der Waals surface area contributed by atoms with Gasteiger partial charge in [0.15, 0.2) is 11.7 Å². The molecule has 0 aromatic carbocycles. The Labute approximate surface area is 167 Å². The first-order valence-corrected chi connectivity index (χ1v) is 9.36. The minimum absolute atomic E-state index is 0.0210. The van der Waals surface area contributed by atoms with Crippen molar-refractivity contribution >= 4 is 28.3 Å². The van der Waals surface area contributed by atoms with Crippen LogP contribution in [0.1, 0.15) is 28.4 Å². The van der Waals surface area contributed by atoms with Crippen molar-refractivity contribution < 1.29 is 32.2 Å². The maximum atomic E-state index is 12.3. The van der Waals surface area contributed by atoms with Crippen LogP contribution < -0.4 is 15.4 Å². The number of hydrogen-bond acceptors (Lipinski definition) is 8. The minimum Gasteiger partial charge on any atom is -0.468 e. The number of carbonyl (C=O) groups is 2. The fourth-order valence-electron chi connectivity index (χ4n) is 2.74. The smallest absolute Gasteiger partial charge is 0.422 e. The van der Waals surface area contributed by atoms with Gasteiger partial charge in [-0.1, -0.05) is 0 Å². The summed E-state index contributed by atoms with van der Waals surface area (Å²) in [5.41, 5.74) is 0.896. The number of rotatable bonds is 6. The molecule has 0 bridgehead atoms. The van der Waals surface area contributed by atoms with Gasteiger partial charge in [-0.15, -0.1) is 11.3 Å². The second kappa shape index (κ2) is 8.74. The summed E-state index contributed by atoms with van der Waals surface area (Å²) in [6.45, 7) is -0.888. The van der Waals surface area contributed by atoms with E-state index in [4.69, 9.17) is 4.74 Å². The van der Waals surface area contributed by atoms with Crippen LogP contribution >= 0.6 is 11.3 Å². The van der Waals surface area contributed by atoms with Gasteiger partial charge < -0.3 is 14.8 Å². The number of amides is 1. The number of anilines is 1. The molecule has 3 heterocycles. The Hall–Kier alpha value is -2.73. The average molecular weight is 430 g/mol. The van der Waals surface area contributed by atoms with E-state index in [1.54, 1.807) is 5.38 Å². The van der Waals surface area contributed by atoms with Crippen LogP contribution in [-0.4, -0.2) is 54.3 Å². The molecule has 1 fully saturated rings. The van der Waals surface area contributed by atoms with Gasteiger partial charge in [0, 0.05) is 30.1 Å². The predicted molar refractivity (Wildman–Crippen MR) is 97.0 cm³/mol. The van der Waals surface area contributed by atoms with Crippen LogP contribution in [0.25, 0.3) is 0 Å². The first-order valence-electron chi connectivity index (χ1n) is 8.49. The van der Waals surface area contributed by atoms with E-state index in [9.17, 15) is 22.8 Å². The van der Waals surface area contributed by atoms with E-state index in [1.165, 1.54) is 30.6 Å². The number of hydrogen-bond donors (Lipinski definition) is 2. The summed E-state index contributed by atoms with van der Waals surface area (Å²) in [6, 6.07) is 2.11. The Morgan fingerprint density at radius 2 is 2.17 bits per heavy atom. The fourth-order valence-corrected chi connectivity index (χ4v) is 3.53. The molecule has 1 aliphatic heterocycles. The number of halogens is 3. The zero-order valence-corrected chi connectivity index (χ0v) is 16.0. The summed E-state index contributed by atoms with van der Waals surface area (Å²) >= 11 is 1.23. The number of alkyl halides is 3. The van der Waals surface area contributed by atoms with Gasteiger partial charge in [-0.3, -0.25) is 14.9 Å². The number of aromatic nitrogens is 2. The molecule has 0 saturated carbocycles. The van der Waals surface area contributed by atoms with Gasteiger partial charge in [-0.05, 0) is 12.5 Å². The topological polar surface area (TPSA) is 102 Å². The van der Waals surface area contributed by atoms with Crippen LogP contribution in [0.15, 0.2) is 23.7 Å². The molecule has 2 atom stereocenters. The summed E-state index contributed by atoms with van der Waals surface area (Å²) in [6.07, 6.45) is -2.80. The number of nitrogens with one attached hydrogen (secondary N) is 2. The van der Waals surface area contributed by atoms with Gasteiger partial charge in [0.1, 0.15) is 6.04 Å². The Kier molecular flexibility index (Phi) is 6.33. The summed E-state index contributed by atoms with van der Waals surface area (Å²) < 4.78 is 45.6. The summed E-state index contributed by atoms with van der Waals surface area (Å²) in [7, 11) is 1.33. The van der Waals surface area contributed by atoms with E-state index in [2.05, 4.69) is 25.3 Å². The maximum absolute atomic E-state index is 12.3. The van der Waals surface area contributed by atoms with Crippen molar-refractivity contribution in [2.75, 3.05) is 25.6 Å². The molecule has 2 aromatic heterocycles. The molecule has 0 aliphatic carbocycles. The lowest BCUT2D eigenvalue weighted by molar-refractivity contribution is -0.154. The number of methoxy groups -OCH3 is 1. The molecule has 29 heavy (non-hydrogen) atoms. The lowest BCUT2D eigenvalue weighted by atomic mass is 10.0. The van der Waals surface area contributed by atoms with Crippen molar-refractivity contribution in [3.05, 3.63) is 35.0 Å². The van der Waals surface area contributed by atoms with Crippen LogP contribution in [0, 0.1) is 0 Å².